The fraction of sp³-hybridized carbons (Fsp3) is 0.727. The van der Waals surface area contributed by atoms with Crippen molar-refractivity contribution >= 4 is 0 Å². The molecule has 2 atom stereocenters. The normalized spacial score (nSPS) is 26.5. The summed E-state index contributed by atoms with van der Waals surface area (Å²) in [6.45, 7) is 0. The van der Waals surface area contributed by atoms with Gasteiger partial charge >= 0.3 is 0 Å². The smallest absolute Gasteiger partial charge is 0.296 e. The van der Waals surface area contributed by atoms with Gasteiger partial charge in [-0.3, -0.25) is 0 Å². The van der Waals surface area contributed by atoms with Crippen molar-refractivity contribution in [3.8, 4) is 6.01 Å². The molecule has 1 N–H and O–H groups in total. The minimum absolute atomic E-state index is 0.268. The van der Waals surface area contributed by atoms with Gasteiger partial charge in [-0.25, -0.2) is 4.98 Å². The third kappa shape index (κ3) is 2.31. The Hall–Kier alpha value is -1.03. The van der Waals surface area contributed by atoms with Gasteiger partial charge in [0.1, 0.15) is 6.10 Å². The van der Waals surface area contributed by atoms with Crippen LogP contribution >= 0.6 is 0 Å². The van der Waals surface area contributed by atoms with E-state index in [4.69, 9.17) is 4.74 Å². The molecule has 4 heteroatoms. The Morgan fingerprint density at radius 1 is 1.47 bits per heavy atom. The molecule has 1 aliphatic carbocycles. The highest BCUT2D eigenvalue weighted by atomic mass is 16.5. The van der Waals surface area contributed by atoms with E-state index in [2.05, 4.69) is 10.3 Å². The number of nitrogens with one attached hydrogen (secondary N) is 1. The third-order valence-corrected chi connectivity index (χ3v) is 3.11. The molecule has 2 rings (SSSR count). The number of likely N-dealkylation sites (N-methyl/N-ethyl adjacent to an activating group) is 1. The van der Waals surface area contributed by atoms with Gasteiger partial charge in [-0.1, -0.05) is 6.42 Å². The average Bonchev–Trinajstić information content (AvgIpc) is 2.65. The molecule has 1 heterocycles. The van der Waals surface area contributed by atoms with E-state index in [0.29, 0.717) is 6.04 Å². The zero-order chi connectivity index (χ0) is 10.7. The quantitative estimate of drug-likeness (QED) is 0.816. The van der Waals surface area contributed by atoms with Crippen LogP contribution in [-0.4, -0.2) is 28.7 Å². The van der Waals surface area contributed by atoms with Crippen molar-refractivity contribution in [1.82, 2.24) is 14.9 Å². The van der Waals surface area contributed by atoms with Gasteiger partial charge in [0.2, 0.25) is 0 Å². The number of imidazole rings is 1. The predicted molar refractivity (Wildman–Crippen MR) is 58.9 cm³/mol. The molecule has 0 radical (unpaired) electrons. The van der Waals surface area contributed by atoms with Gasteiger partial charge < -0.3 is 14.6 Å². The Kier molecular flexibility index (Phi) is 3.26. The molecule has 1 aromatic rings. The maximum absolute atomic E-state index is 5.92. The van der Waals surface area contributed by atoms with Crippen molar-refractivity contribution in [1.29, 1.82) is 0 Å². The zero-order valence-corrected chi connectivity index (χ0v) is 9.44. The molecular weight excluding hydrogens is 190 g/mol. The summed E-state index contributed by atoms with van der Waals surface area (Å²) in [4.78, 5) is 4.19. The van der Waals surface area contributed by atoms with Gasteiger partial charge in [0, 0.05) is 25.5 Å². The maximum Gasteiger partial charge on any atom is 0.296 e. The van der Waals surface area contributed by atoms with Crippen LogP contribution in [0.5, 0.6) is 6.01 Å². The lowest BCUT2D eigenvalue weighted by Gasteiger charge is -2.30. The largest absolute Gasteiger partial charge is 0.460 e. The minimum Gasteiger partial charge on any atom is -0.460 e. The lowest BCUT2D eigenvalue weighted by atomic mass is 9.92. The van der Waals surface area contributed by atoms with Gasteiger partial charge in [-0.05, 0) is 26.3 Å². The predicted octanol–water partition coefficient (Wildman–Crippen LogP) is 1.33. The van der Waals surface area contributed by atoms with Crippen molar-refractivity contribution in [2.24, 2.45) is 7.05 Å². The highest BCUT2D eigenvalue weighted by molar-refractivity contribution is 4.99. The molecule has 0 aliphatic heterocycles. The average molecular weight is 209 g/mol. The molecule has 0 aromatic carbocycles. The van der Waals surface area contributed by atoms with Crippen molar-refractivity contribution < 1.29 is 4.74 Å². The summed E-state index contributed by atoms with van der Waals surface area (Å²) in [7, 11) is 3.96. The van der Waals surface area contributed by atoms with Crippen LogP contribution in [-0.2, 0) is 7.05 Å². The van der Waals surface area contributed by atoms with E-state index >= 15 is 0 Å². The number of nitrogens with zero attached hydrogens (tertiary/aromatic N) is 2. The second-order valence-corrected chi connectivity index (χ2v) is 4.16. The highest BCUT2D eigenvalue weighted by Gasteiger charge is 2.26. The Labute approximate surface area is 90.6 Å². The lowest BCUT2D eigenvalue weighted by molar-refractivity contribution is 0.104. The van der Waals surface area contributed by atoms with E-state index in [-0.39, 0.29) is 6.10 Å². The Morgan fingerprint density at radius 3 is 2.93 bits per heavy atom. The van der Waals surface area contributed by atoms with E-state index in [0.717, 1.165) is 12.4 Å². The van der Waals surface area contributed by atoms with E-state index in [9.17, 15) is 0 Å². The number of aromatic nitrogens is 2. The van der Waals surface area contributed by atoms with Crippen LogP contribution in [0.25, 0.3) is 0 Å². The maximum atomic E-state index is 5.92. The van der Waals surface area contributed by atoms with E-state index in [1.807, 2.05) is 24.9 Å². The molecule has 84 valence electrons. The van der Waals surface area contributed by atoms with Crippen molar-refractivity contribution in [3.05, 3.63) is 12.4 Å². The minimum atomic E-state index is 0.268. The molecule has 0 amide bonds. The van der Waals surface area contributed by atoms with Crippen LogP contribution in [0.15, 0.2) is 12.4 Å². The van der Waals surface area contributed by atoms with E-state index in [1.165, 1.54) is 19.3 Å². The Bertz CT molecular complexity index is 311. The Balaban J connectivity index is 2.00. The lowest BCUT2D eigenvalue weighted by Crippen LogP contribution is -2.43. The summed E-state index contributed by atoms with van der Waals surface area (Å²) < 4.78 is 7.84. The molecule has 4 nitrogen and oxygen atoms in total. The van der Waals surface area contributed by atoms with E-state index < -0.39 is 0 Å². The SMILES string of the molecule is CNC1CCCCC1Oc1nccn1C. The number of hydrogen-bond donors (Lipinski definition) is 1. The van der Waals surface area contributed by atoms with Crippen molar-refractivity contribution in [3.63, 3.8) is 0 Å². The molecule has 15 heavy (non-hydrogen) atoms. The summed E-state index contributed by atoms with van der Waals surface area (Å²) in [5.41, 5.74) is 0. The number of hydrogen-bond acceptors (Lipinski definition) is 3. The molecule has 0 saturated heterocycles. The van der Waals surface area contributed by atoms with Crippen molar-refractivity contribution in [2.75, 3.05) is 7.05 Å². The molecule has 0 spiro atoms. The summed E-state index contributed by atoms with van der Waals surface area (Å²) in [6, 6.07) is 1.19. The summed E-state index contributed by atoms with van der Waals surface area (Å²) in [6.07, 6.45) is 8.83. The molecule has 1 aromatic heterocycles. The van der Waals surface area contributed by atoms with Crippen molar-refractivity contribution in [2.45, 2.75) is 37.8 Å². The highest BCUT2D eigenvalue weighted by Crippen LogP contribution is 2.22. The number of ether oxygens (including phenoxy) is 1. The van der Waals surface area contributed by atoms with Crippen LogP contribution in [0.4, 0.5) is 0 Å². The van der Waals surface area contributed by atoms with Crippen LogP contribution in [0.3, 0.4) is 0 Å². The van der Waals surface area contributed by atoms with Gasteiger partial charge in [-0.2, -0.15) is 0 Å². The topological polar surface area (TPSA) is 39.1 Å². The molecule has 1 aliphatic rings. The summed E-state index contributed by atoms with van der Waals surface area (Å²) in [5, 5.41) is 3.32. The molecule has 1 saturated carbocycles. The molecule has 2 unspecified atom stereocenters. The standard InChI is InChI=1S/C11H19N3O/c1-12-9-5-3-4-6-10(9)15-11-13-7-8-14(11)2/h7-10,12H,3-6H2,1-2H3. The van der Waals surface area contributed by atoms with Gasteiger partial charge in [-0.15, -0.1) is 0 Å². The summed E-state index contributed by atoms with van der Waals surface area (Å²) >= 11 is 0. The first-order chi connectivity index (χ1) is 7.31. The van der Waals surface area contributed by atoms with Crippen LogP contribution in [0.2, 0.25) is 0 Å². The molecule has 1 fully saturated rings. The second-order valence-electron chi connectivity index (χ2n) is 4.16. The first-order valence-electron chi connectivity index (χ1n) is 5.62. The van der Waals surface area contributed by atoms with Crippen LogP contribution < -0.4 is 10.1 Å². The Morgan fingerprint density at radius 2 is 2.27 bits per heavy atom. The van der Waals surface area contributed by atoms with E-state index in [1.54, 1.807) is 6.20 Å². The van der Waals surface area contributed by atoms with Crippen LogP contribution in [0.1, 0.15) is 25.7 Å². The second kappa shape index (κ2) is 4.66. The summed E-state index contributed by atoms with van der Waals surface area (Å²) in [5.74, 6) is 0. The fourth-order valence-electron chi connectivity index (χ4n) is 2.17. The van der Waals surface area contributed by atoms with Crippen LogP contribution in [0, 0.1) is 0 Å². The molecular formula is C11H19N3O. The first kappa shape index (κ1) is 10.5. The first-order valence-corrected chi connectivity index (χ1v) is 5.62. The monoisotopic (exact) mass is 209 g/mol. The zero-order valence-electron chi connectivity index (χ0n) is 9.44. The third-order valence-electron chi connectivity index (χ3n) is 3.11. The van der Waals surface area contributed by atoms with Gasteiger partial charge in [0.05, 0.1) is 0 Å². The fourth-order valence-corrected chi connectivity index (χ4v) is 2.17. The van der Waals surface area contributed by atoms with Gasteiger partial charge in [0.15, 0.2) is 0 Å². The molecule has 0 bridgehead atoms. The number of rotatable bonds is 3. The van der Waals surface area contributed by atoms with Gasteiger partial charge in [0.25, 0.3) is 6.01 Å². The number of aryl methyl sites for hydroxylation is 1.